The number of hydrogen-bond donors (Lipinski definition) is 3. The summed E-state index contributed by atoms with van der Waals surface area (Å²) in [5, 5.41) is 24.6. The van der Waals surface area contributed by atoms with E-state index in [0.29, 0.717) is 11.1 Å². The van der Waals surface area contributed by atoms with Crippen molar-refractivity contribution in [2.24, 2.45) is 0 Å². The summed E-state index contributed by atoms with van der Waals surface area (Å²) in [6, 6.07) is 20.0. The van der Waals surface area contributed by atoms with Crippen LogP contribution in [0.25, 0.3) is 0 Å². The molecule has 0 amide bonds. The maximum absolute atomic E-state index is 11.1. The van der Waals surface area contributed by atoms with E-state index >= 15 is 0 Å². The molecular formula is C26H27Ag3O6. The molecule has 0 heterocycles. The zero-order chi connectivity index (χ0) is 24.3. The average Bonchev–Trinajstić information content (AvgIpc) is 2.71. The number of aromatic carboxylic acids is 2. The van der Waals surface area contributed by atoms with Gasteiger partial charge in [0, 0.05) is 44.8 Å². The van der Waals surface area contributed by atoms with E-state index in [1.165, 1.54) is 0 Å². The van der Waals surface area contributed by atoms with E-state index in [2.05, 4.69) is 6.07 Å². The molecule has 0 unspecified atom stereocenters. The van der Waals surface area contributed by atoms with Crippen molar-refractivity contribution in [2.45, 2.75) is 34.1 Å². The van der Waals surface area contributed by atoms with Gasteiger partial charge in [0.05, 0.1) is 11.1 Å². The van der Waals surface area contributed by atoms with Gasteiger partial charge < -0.3 is 15.3 Å². The van der Waals surface area contributed by atoms with Crippen molar-refractivity contribution in [3.05, 3.63) is 105 Å². The number of carbonyl (C=O) groups is 3. The Labute approximate surface area is 252 Å². The van der Waals surface area contributed by atoms with Gasteiger partial charge in [0.2, 0.25) is 0 Å². The maximum atomic E-state index is 11.1. The number of benzene rings is 3. The van der Waals surface area contributed by atoms with Crippen LogP contribution >= 0.6 is 0 Å². The van der Waals surface area contributed by atoms with E-state index in [4.69, 9.17) is 20.1 Å². The Balaban J connectivity index is -0.000000524. The molecule has 3 N–H and O–H groups in total. The summed E-state index contributed by atoms with van der Waals surface area (Å²) in [4.78, 5) is 29.9. The van der Waals surface area contributed by atoms with Crippen molar-refractivity contribution in [3.63, 3.8) is 0 Å². The molecule has 0 aliphatic rings. The van der Waals surface area contributed by atoms with Gasteiger partial charge in [0.1, 0.15) is 0 Å². The van der Waals surface area contributed by atoms with Gasteiger partial charge in [0.25, 0.3) is 6.47 Å². The first-order valence-electron chi connectivity index (χ1n) is 9.76. The monoisotopic (exact) mass is 756 g/mol. The Kier molecular flexibility index (Phi) is 21.1. The second-order valence-electron chi connectivity index (χ2n) is 7.30. The first-order valence-corrected chi connectivity index (χ1v) is 9.76. The molecule has 0 aromatic heterocycles. The van der Waals surface area contributed by atoms with Crippen molar-refractivity contribution in [3.8, 4) is 0 Å². The quantitative estimate of drug-likeness (QED) is 0.195. The Morgan fingerprint density at radius 2 is 1.34 bits per heavy atom. The molecule has 2 radical (unpaired) electrons. The number of hydrogen-bond acceptors (Lipinski definition) is 3. The van der Waals surface area contributed by atoms with Gasteiger partial charge in [-0.25, -0.2) is 9.59 Å². The second-order valence-corrected chi connectivity index (χ2v) is 7.30. The molecule has 3 rings (SSSR count). The van der Waals surface area contributed by atoms with E-state index in [0.717, 1.165) is 39.8 Å². The third-order valence-corrected chi connectivity index (χ3v) is 4.44. The van der Waals surface area contributed by atoms with Crippen LogP contribution in [-0.4, -0.2) is 33.7 Å². The van der Waals surface area contributed by atoms with E-state index < -0.39 is 11.9 Å². The summed E-state index contributed by atoms with van der Waals surface area (Å²) >= 11 is 0. The molecule has 9 heteroatoms. The molecule has 3 aromatic carbocycles. The molecule has 0 atom stereocenters. The van der Waals surface area contributed by atoms with Gasteiger partial charge in [-0.05, 0) is 51.0 Å². The maximum Gasteiger partial charge on any atom is 1.00 e. The van der Waals surface area contributed by atoms with Crippen molar-refractivity contribution < 1.29 is 96.8 Å². The predicted molar refractivity (Wildman–Crippen MR) is 123 cm³/mol. The first kappa shape index (κ1) is 37.8. The smallest absolute Gasteiger partial charge is 0.483 e. The summed E-state index contributed by atoms with van der Waals surface area (Å²) in [5.74, 6) is -1.73. The average molecular weight is 759 g/mol. The first-order chi connectivity index (χ1) is 15.1. The van der Waals surface area contributed by atoms with Crippen LogP contribution in [0.2, 0.25) is 0 Å². The number of aryl methyl sites for hydroxylation is 4. The molecule has 0 fully saturated rings. The predicted octanol–water partition coefficient (Wildman–Crippen LogP) is 5.09. The van der Waals surface area contributed by atoms with Gasteiger partial charge in [-0.15, -0.1) is 0 Å². The van der Waals surface area contributed by atoms with Crippen LogP contribution < -0.4 is 0 Å². The van der Waals surface area contributed by atoms with Gasteiger partial charge in [-0.2, -0.15) is 35.4 Å². The van der Waals surface area contributed by atoms with Crippen LogP contribution in [-0.2, 0) is 78.4 Å². The molecule has 0 aliphatic carbocycles. The Morgan fingerprint density at radius 3 is 1.77 bits per heavy atom. The van der Waals surface area contributed by atoms with Gasteiger partial charge in [0.15, 0.2) is 0 Å². The van der Waals surface area contributed by atoms with Crippen LogP contribution in [0.1, 0.15) is 54.1 Å². The normalized spacial score (nSPS) is 8.69. The van der Waals surface area contributed by atoms with E-state index in [1.807, 2.05) is 64.1 Å². The summed E-state index contributed by atoms with van der Waals surface area (Å²) < 4.78 is 0. The molecule has 3 aromatic rings. The van der Waals surface area contributed by atoms with Crippen LogP contribution in [0.4, 0.5) is 0 Å². The van der Waals surface area contributed by atoms with Gasteiger partial charge in [-0.3, -0.25) is 4.79 Å². The van der Waals surface area contributed by atoms with Gasteiger partial charge in [-0.1, -0.05) is 41.8 Å². The van der Waals surface area contributed by atoms with Gasteiger partial charge >= 0.3 is 34.3 Å². The largest absolute Gasteiger partial charge is 1.00 e. The fraction of sp³-hybridized carbons (Fsp3) is 0.192. The van der Waals surface area contributed by atoms with E-state index in [9.17, 15) is 9.59 Å². The van der Waals surface area contributed by atoms with Crippen LogP contribution in [0, 0.1) is 33.8 Å². The molecule has 35 heavy (non-hydrogen) atoms. The third-order valence-electron chi connectivity index (χ3n) is 4.44. The summed E-state index contributed by atoms with van der Waals surface area (Å²) in [7, 11) is 0. The Bertz CT molecular complexity index is 1060. The minimum atomic E-state index is -0.871. The Hall–Kier alpha value is -1.71. The molecular weight excluding hydrogens is 732 g/mol. The molecule has 0 spiro atoms. The molecule has 200 valence electrons. The number of rotatable bonds is 4. The van der Waals surface area contributed by atoms with E-state index in [1.54, 1.807) is 18.2 Å². The van der Waals surface area contributed by atoms with Crippen LogP contribution in [0.3, 0.4) is 0 Å². The van der Waals surface area contributed by atoms with Crippen molar-refractivity contribution >= 4 is 18.4 Å². The van der Waals surface area contributed by atoms with Crippen molar-refractivity contribution in [2.75, 3.05) is 0 Å². The topological polar surface area (TPSA) is 112 Å². The van der Waals surface area contributed by atoms with Crippen LogP contribution in [0.15, 0.2) is 54.6 Å². The fourth-order valence-corrected chi connectivity index (χ4v) is 2.99. The molecule has 0 saturated heterocycles. The number of carboxylic acids is 2. The zero-order valence-electron chi connectivity index (χ0n) is 19.5. The Morgan fingerprint density at radius 1 is 0.829 bits per heavy atom. The number of carboxylic acid groups (broad SMARTS) is 3. The second kappa shape index (κ2) is 19.5. The minimum Gasteiger partial charge on any atom is -0.483 e. The summed E-state index contributed by atoms with van der Waals surface area (Å²) in [6.45, 7) is 7.34. The molecule has 6 nitrogen and oxygen atoms in total. The molecule has 0 saturated carbocycles. The van der Waals surface area contributed by atoms with Crippen LogP contribution in [0.5, 0.6) is 0 Å². The summed E-state index contributed by atoms with van der Waals surface area (Å²) in [6.07, 6.45) is 0.733. The standard InChI is InChI=1S/C16H15O2.C9H10O2.CH2O2.3Ag/c1-11-3-6-13(7-4-11)9-14-8-5-12(2)15(10-14)16(17)18;1-6-3-7(2)5-8(4-6)9(10)11;2-1-3;;;/h3,5-8,10H,9H2,1-2H3,(H,17,18);3-5H,1-2H3,(H,10,11);1H,(H,2,3);;;/q-1;;;;;+1. The minimum absolute atomic E-state index is 0. The molecule has 0 bridgehead atoms. The zero-order valence-corrected chi connectivity index (χ0v) is 23.9. The summed E-state index contributed by atoms with van der Waals surface area (Å²) in [5.41, 5.74) is 6.77. The molecule has 0 aliphatic heterocycles. The SMILES string of the molecule is Cc1[c-]cc(Cc2ccc(C)c(C(=O)O)c2)cc1.Cc1cc(C)cc(C(=O)O)c1.O=CO.[Ag+].[Ag].[Ag]. The fourth-order valence-electron chi connectivity index (χ4n) is 2.99. The van der Waals surface area contributed by atoms with Crippen molar-refractivity contribution in [1.82, 2.24) is 0 Å². The van der Waals surface area contributed by atoms with E-state index in [-0.39, 0.29) is 73.6 Å². The third kappa shape index (κ3) is 14.4. The van der Waals surface area contributed by atoms with Crippen molar-refractivity contribution in [1.29, 1.82) is 0 Å².